The number of rotatable bonds is 8. The van der Waals surface area contributed by atoms with E-state index in [1.54, 1.807) is 42.5 Å². The van der Waals surface area contributed by atoms with E-state index in [0.29, 0.717) is 22.5 Å². The van der Waals surface area contributed by atoms with E-state index in [-0.39, 0.29) is 45.4 Å². The lowest BCUT2D eigenvalue weighted by molar-refractivity contribution is -0.0650. The fraction of sp³-hybridized carbons (Fsp3) is 0.282. The number of phosphoric ester groups is 1. The number of carbonyl (C=O) groups excluding carboxylic acids is 1. The molecule has 9 rings (SSSR count). The Morgan fingerprint density at radius 3 is 2.25 bits per heavy atom. The summed E-state index contributed by atoms with van der Waals surface area (Å²) in [5.41, 5.74) is 5.21. The summed E-state index contributed by atoms with van der Waals surface area (Å²) in [7, 11) is -5.37. The number of carbonyl (C=O) groups is 1. The Kier molecular flexibility index (Phi) is 12.3. The molecule has 3 fully saturated rings. The Bertz CT molecular complexity index is 2950. The number of hydrogen-bond acceptors (Lipinski definition) is 18. The number of nitrogens with one attached hydrogen (secondary N) is 1. The molecule has 4 bridgehead atoms. The van der Waals surface area contributed by atoms with Crippen molar-refractivity contribution in [1.29, 1.82) is 0 Å². The quantitative estimate of drug-likeness (QED) is 0.0889. The maximum Gasteiger partial charge on any atom is 0.472 e. The molecule has 3 aromatic carbocycles. The molecule has 0 saturated carbocycles. The van der Waals surface area contributed by atoms with Crippen molar-refractivity contribution in [2.75, 3.05) is 18.9 Å². The highest BCUT2D eigenvalue weighted by Crippen LogP contribution is 2.65. The van der Waals surface area contributed by atoms with Crippen LogP contribution in [0.1, 0.15) is 28.4 Å². The van der Waals surface area contributed by atoms with Crippen LogP contribution in [0.4, 0.5) is 14.6 Å². The van der Waals surface area contributed by atoms with E-state index >= 15 is 13.3 Å². The molecule has 0 spiro atoms. The first kappa shape index (κ1) is 44.5. The topological polar surface area (TPSA) is 281 Å². The predicted molar refractivity (Wildman–Crippen MR) is 224 cm³/mol. The average Bonchev–Trinajstić information content (AvgIpc) is 3.95. The van der Waals surface area contributed by atoms with E-state index in [0.717, 1.165) is 17.1 Å². The number of nitrogens with zero attached hydrogens (tertiary/aromatic N) is 5. The number of alkyl halides is 2. The van der Waals surface area contributed by atoms with E-state index < -0.39 is 94.3 Å². The monoisotopic (exact) mass is 957 g/mol. The maximum absolute atomic E-state index is 16.7. The van der Waals surface area contributed by atoms with Crippen LogP contribution in [0.15, 0.2) is 107 Å². The van der Waals surface area contributed by atoms with Gasteiger partial charge in [0.1, 0.15) is 47.8 Å². The number of fused-ring (bicyclic) bond motifs is 5. The van der Waals surface area contributed by atoms with Gasteiger partial charge in [-0.1, -0.05) is 42.5 Å². The predicted octanol–water partition coefficient (Wildman–Crippen LogP) is 4.98. The third-order valence-corrected chi connectivity index (χ3v) is 15.1. The molecule has 65 heavy (non-hydrogen) atoms. The molecule has 6 heterocycles. The smallest absolute Gasteiger partial charge is 0.472 e. The van der Waals surface area contributed by atoms with Crippen molar-refractivity contribution in [3.8, 4) is 22.6 Å². The van der Waals surface area contributed by atoms with E-state index in [1.165, 1.54) is 47.3 Å². The van der Waals surface area contributed by atoms with Crippen molar-refractivity contribution < 1.29 is 65.0 Å². The third kappa shape index (κ3) is 9.27. The minimum Gasteiger partial charge on any atom is -0.508 e. The third-order valence-electron chi connectivity index (χ3n) is 10.4. The first-order valence-corrected chi connectivity index (χ1v) is 24.0. The van der Waals surface area contributed by atoms with Gasteiger partial charge in [-0.15, -0.1) is 0 Å². The molecule has 340 valence electrons. The standard InChI is InChI=1S/C39H35F2N7O14P2S/c40-28-27-16-57-64(55,65-17-20-6-12-24(13-7-20)58-38(51)22-8-10-23(49)11-9-22)62-32-29(41)26(60-37(32)48-19-45-30-33(42)43-18-44-34(30)48)15-56-63(53,54)61-31(28)36(59-27)47-14-25(35(50)46-39(47)52)21-4-2-1-3-5-21/h1-14,18-19,26-29,31-32,36-37,49H,15-17H2,(H,53,54)(H2,42,43,44)(H,46,50,52)/t26-,27-,28-,29-,31-,32-,36-,37-,64?/m1/s1. The number of esters is 1. The van der Waals surface area contributed by atoms with Gasteiger partial charge in [0.05, 0.1) is 30.7 Å². The molecule has 0 aliphatic carbocycles. The molecule has 0 radical (unpaired) electrons. The molecule has 6 aromatic rings. The summed E-state index contributed by atoms with van der Waals surface area (Å²) < 4.78 is 104. The van der Waals surface area contributed by atoms with Crippen LogP contribution in [-0.2, 0) is 42.5 Å². The molecule has 0 amide bonds. The minimum absolute atomic E-state index is 0.0297. The second kappa shape index (κ2) is 18.0. The minimum atomic E-state index is -5.37. The van der Waals surface area contributed by atoms with Crippen molar-refractivity contribution in [3.63, 3.8) is 0 Å². The highest BCUT2D eigenvalue weighted by atomic mass is 32.7. The van der Waals surface area contributed by atoms with Crippen molar-refractivity contribution >= 4 is 49.0 Å². The van der Waals surface area contributed by atoms with E-state index in [1.807, 2.05) is 0 Å². The van der Waals surface area contributed by atoms with Gasteiger partial charge in [-0.2, -0.15) is 0 Å². The fourth-order valence-corrected chi connectivity index (χ4v) is 11.5. The van der Waals surface area contributed by atoms with Gasteiger partial charge in [0.2, 0.25) is 0 Å². The lowest BCUT2D eigenvalue weighted by Crippen LogP contribution is -2.38. The van der Waals surface area contributed by atoms with Gasteiger partial charge < -0.3 is 29.9 Å². The number of halogens is 2. The van der Waals surface area contributed by atoms with Crippen LogP contribution in [0.5, 0.6) is 11.5 Å². The Balaban J connectivity index is 1.03. The van der Waals surface area contributed by atoms with Gasteiger partial charge >= 0.3 is 26.3 Å². The van der Waals surface area contributed by atoms with E-state index in [9.17, 15) is 28.9 Å². The Morgan fingerprint density at radius 2 is 1.54 bits per heavy atom. The van der Waals surface area contributed by atoms with Crippen LogP contribution < -0.4 is 21.7 Å². The first-order chi connectivity index (χ1) is 31.1. The van der Waals surface area contributed by atoms with Crippen LogP contribution in [0.3, 0.4) is 0 Å². The largest absolute Gasteiger partial charge is 0.508 e. The number of nitrogens with two attached hydrogens (primary N) is 1. The van der Waals surface area contributed by atoms with E-state index in [2.05, 4.69) is 19.9 Å². The van der Waals surface area contributed by atoms with Gasteiger partial charge in [-0.25, -0.2) is 42.5 Å². The van der Waals surface area contributed by atoms with Gasteiger partial charge in [-0.3, -0.25) is 37.0 Å². The van der Waals surface area contributed by atoms with Crippen molar-refractivity contribution in [2.24, 2.45) is 0 Å². The molecule has 5 N–H and O–H groups in total. The summed E-state index contributed by atoms with van der Waals surface area (Å²) in [5.74, 6) is -0.766. The summed E-state index contributed by atoms with van der Waals surface area (Å²) in [6, 6.07) is 19.5. The molecule has 3 aliphatic rings. The molecule has 3 saturated heterocycles. The number of hydrogen-bond donors (Lipinski definition) is 4. The highest BCUT2D eigenvalue weighted by Gasteiger charge is 2.55. The molecule has 21 nitrogen and oxygen atoms in total. The van der Waals surface area contributed by atoms with Crippen molar-refractivity contribution in [1.82, 2.24) is 29.1 Å². The summed E-state index contributed by atoms with van der Waals surface area (Å²) >= 11 is 0.571. The molecule has 26 heteroatoms. The second-order valence-electron chi connectivity index (χ2n) is 14.7. The van der Waals surface area contributed by atoms with Gasteiger partial charge in [0.25, 0.3) is 5.56 Å². The lowest BCUT2D eigenvalue weighted by Gasteiger charge is -2.27. The Hall–Kier alpha value is -5.65. The highest BCUT2D eigenvalue weighted by molar-refractivity contribution is 8.54. The normalized spacial score (nSPS) is 29.3. The number of anilines is 1. The molecule has 2 unspecified atom stereocenters. The lowest BCUT2D eigenvalue weighted by atomic mass is 10.1. The molecular weight excluding hydrogens is 922 g/mol. The number of nitrogen functional groups attached to an aromatic ring is 1. The number of benzene rings is 3. The first-order valence-electron chi connectivity index (χ1n) is 19.4. The second-order valence-corrected chi connectivity index (χ2v) is 20.1. The number of phosphoric acid groups is 1. The number of aromatic hydroxyl groups is 1. The van der Waals surface area contributed by atoms with Crippen molar-refractivity contribution in [3.05, 3.63) is 130 Å². The maximum atomic E-state index is 16.7. The Morgan fingerprint density at radius 1 is 0.877 bits per heavy atom. The number of phenolic OH excluding ortho intramolecular Hbond substituents is 1. The molecule has 3 aromatic heterocycles. The number of ether oxygens (including phenoxy) is 3. The van der Waals surface area contributed by atoms with Crippen LogP contribution >= 0.6 is 26.0 Å². The fourth-order valence-electron chi connectivity index (χ4n) is 7.22. The number of aromatic nitrogens is 6. The summed E-state index contributed by atoms with van der Waals surface area (Å²) in [5, 5.41) is 9.54. The summed E-state index contributed by atoms with van der Waals surface area (Å²) in [6.07, 6.45) is -12.2. The number of H-pyrrole nitrogens is 1. The Labute approximate surface area is 368 Å². The summed E-state index contributed by atoms with van der Waals surface area (Å²) in [4.78, 5) is 64.1. The molecule has 3 aliphatic heterocycles. The van der Waals surface area contributed by atoms with Gasteiger partial charge in [0.15, 0.2) is 36.3 Å². The van der Waals surface area contributed by atoms with Crippen LogP contribution in [-0.4, -0.2) is 95.0 Å². The van der Waals surface area contributed by atoms with E-state index in [4.69, 9.17) is 38.0 Å². The molecule has 10 atom stereocenters. The van der Waals surface area contributed by atoms with Gasteiger partial charge in [0, 0.05) is 11.9 Å². The zero-order valence-electron chi connectivity index (χ0n) is 33.1. The number of phenols is 1. The zero-order valence-corrected chi connectivity index (χ0v) is 35.7. The molecular formula is C39H35F2N7O14P2S. The van der Waals surface area contributed by atoms with Crippen LogP contribution in [0, 0.1) is 0 Å². The SMILES string of the molecule is Nc1ncnc2c1ncn2[C@@H]1O[C@@H]2COP(=O)(O)O[C@@H]3[C@H](F)[C@@H](COP(=O)(SCc4ccc(OC(=O)c5ccc(O)cc5)cc4)O[C@@H]1[C@@H]2F)O[C@H]3n1cc(-c2ccccc2)c(=O)[nH]c1=O. The van der Waals surface area contributed by atoms with Crippen molar-refractivity contribution in [2.45, 2.75) is 55.0 Å². The van der Waals surface area contributed by atoms with Crippen LogP contribution in [0.2, 0.25) is 0 Å². The summed E-state index contributed by atoms with van der Waals surface area (Å²) in [6.45, 7) is -6.65. The van der Waals surface area contributed by atoms with Gasteiger partial charge in [-0.05, 0) is 58.9 Å². The average molecular weight is 958 g/mol. The van der Waals surface area contributed by atoms with Crippen LogP contribution in [0.25, 0.3) is 22.3 Å². The zero-order chi connectivity index (χ0) is 45.6. The number of imidazole rings is 1. The number of aromatic amines is 1.